The minimum atomic E-state index is -0.543. The summed E-state index contributed by atoms with van der Waals surface area (Å²) in [5.41, 5.74) is 0.975. The molecule has 0 aromatic heterocycles. The maximum Gasteiger partial charge on any atom is 0.319 e. The van der Waals surface area contributed by atoms with Crippen molar-refractivity contribution in [1.82, 2.24) is 4.90 Å². The lowest BCUT2D eigenvalue weighted by Gasteiger charge is -2.18. The Morgan fingerprint density at radius 2 is 1.78 bits per heavy atom. The summed E-state index contributed by atoms with van der Waals surface area (Å²) in [6, 6.07) is 15.4. The van der Waals surface area contributed by atoms with Crippen molar-refractivity contribution in [3.05, 3.63) is 70.3 Å². The van der Waals surface area contributed by atoms with Gasteiger partial charge in [-0.2, -0.15) is 0 Å². The number of hydrogen-bond donors (Lipinski definition) is 0. The van der Waals surface area contributed by atoms with Crippen molar-refractivity contribution in [2.45, 2.75) is 23.6 Å². The zero-order chi connectivity index (χ0) is 19.8. The highest BCUT2D eigenvalue weighted by Gasteiger charge is 2.19. The van der Waals surface area contributed by atoms with E-state index in [2.05, 4.69) is 0 Å². The van der Waals surface area contributed by atoms with E-state index in [-0.39, 0.29) is 18.2 Å². The number of carbonyl (C=O) groups excluding carboxylic acids is 2. The molecular formula is C19H20N2O5S. The molecule has 0 unspecified atom stereocenters. The molecule has 142 valence electrons. The van der Waals surface area contributed by atoms with Gasteiger partial charge in [-0.3, -0.25) is 19.7 Å². The Labute approximate surface area is 161 Å². The zero-order valence-corrected chi connectivity index (χ0v) is 15.8. The van der Waals surface area contributed by atoms with Crippen LogP contribution in [0.5, 0.6) is 0 Å². The van der Waals surface area contributed by atoms with Crippen LogP contribution in [0.2, 0.25) is 0 Å². The van der Waals surface area contributed by atoms with Gasteiger partial charge in [-0.05, 0) is 24.6 Å². The van der Waals surface area contributed by atoms with Crippen molar-refractivity contribution in [3.8, 4) is 0 Å². The van der Waals surface area contributed by atoms with Crippen LogP contribution in [0.3, 0.4) is 0 Å². The molecule has 27 heavy (non-hydrogen) atoms. The van der Waals surface area contributed by atoms with Gasteiger partial charge in [-0.25, -0.2) is 0 Å². The van der Waals surface area contributed by atoms with Crippen LogP contribution >= 0.6 is 11.8 Å². The molecule has 2 aromatic rings. The van der Waals surface area contributed by atoms with Crippen molar-refractivity contribution in [2.75, 3.05) is 13.7 Å². The van der Waals surface area contributed by atoms with Crippen molar-refractivity contribution >= 4 is 29.3 Å². The normalized spacial score (nSPS) is 11.5. The van der Waals surface area contributed by atoms with Gasteiger partial charge >= 0.3 is 5.97 Å². The highest BCUT2D eigenvalue weighted by atomic mass is 32.2. The first kappa shape index (κ1) is 20.4. The maximum atomic E-state index is 12.1. The summed E-state index contributed by atoms with van der Waals surface area (Å²) in [6.45, 7) is 1.77. The molecule has 0 radical (unpaired) electrons. The molecule has 0 saturated carbocycles. The minimum Gasteiger partial charge on any atom is -0.455 e. The molecule has 1 atom stereocenters. The van der Waals surface area contributed by atoms with Crippen molar-refractivity contribution in [3.63, 3.8) is 0 Å². The number of nitro groups is 1. The second kappa shape index (κ2) is 9.72. The molecule has 0 heterocycles. The number of benzene rings is 2. The molecular weight excluding hydrogens is 368 g/mol. The molecule has 0 aliphatic carbocycles. The number of non-ortho nitro benzene ring substituents is 1. The summed E-state index contributed by atoms with van der Waals surface area (Å²) < 4.78 is 5.10. The third kappa shape index (κ3) is 6.41. The maximum absolute atomic E-state index is 12.1. The molecule has 0 aliphatic heterocycles. The average molecular weight is 388 g/mol. The Morgan fingerprint density at radius 1 is 1.15 bits per heavy atom. The Morgan fingerprint density at radius 3 is 2.37 bits per heavy atom. The summed E-state index contributed by atoms with van der Waals surface area (Å²) in [4.78, 5) is 36.6. The first-order valence-corrected chi connectivity index (χ1v) is 9.10. The SMILES string of the molecule is C[C@@H](Sc1ccc([N+](=O)[O-])cc1)C(=O)OCC(=O)N(C)Cc1ccccc1. The third-order valence-corrected chi connectivity index (χ3v) is 4.81. The van der Waals surface area contributed by atoms with Crippen molar-refractivity contribution < 1.29 is 19.2 Å². The van der Waals surface area contributed by atoms with Gasteiger partial charge in [0.05, 0.1) is 4.92 Å². The number of esters is 1. The van der Waals surface area contributed by atoms with Crippen molar-refractivity contribution in [2.24, 2.45) is 0 Å². The molecule has 1 amide bonds. The standard InChI is InChI=1S/C19H20N2O5S/c1-14(27-17-10-8-16(9-11-17)21(24)25)19(23)26-13-18(22)20(2)12-15-6-4-3-5-7-15/h3-11,14H,12-13H2,1-2H3/t14-/m1/s1. The minimum absolute atomic E-state index is 0.0124. The van der Waals surface area contributed by atoms with Gasteiger partial charge in [-0.1, -0.05) is 30.3 Å². The quantitative estimate of drug-likeness (QED) is 0.298. The molecule has 2 aromatic carbocycles. The molecule has 7 nitrogen and oxygen atoms in total. The number of carbonyl (C=O) groups is 2. The van der Waals surface area contributed by atoms with Gasteiger partial charge in [-0.15, -0.1) is 11.8 Å². The Hall–Kier alpha value is -2.87. The number of nitrogens with zero attached hydrogens (tertiary/aromatic N) is 2. The summed E-state index contributed by atoms with van der Waals surface area (Å²) in [7, 11) is 1.65. The first-order chi connectivity index (χ1) is 12.9. The van der Waals surface area contributed by atoms with E-state index in [1.54, 1.807) is 26.1 Å². The monoisotopic (exact) mass is 388 g/mol. The Balaban J connectivity index is 1.79. The predicted molar refractivity (Wildman–Crippen MR) is 102 cm³/mol. The van der Waals surface area contributed by atoms with E-state index in [0.717, 1.165) is 5.56 Å². The van der Waals surface area contributed by atoms with Crippen LogP contribution in [-0.4, -0.2) is 40.6 Å². The number of nitro benzene ring substituents is 1. The topological polar surface area (TPSA) is 89.7 Å². The van der Waals surface area contributed by atoms with Crippen LogP contribution in [0.25, 0.3) is 0 Å². The molecule has 2 rings (SSSR count). The van der Waals surface area contributed by atoms with Crippen LogP contribution in [0.15, 0.2) is 59.5 Å². The fraction of sp³-hybridized carbons (Fsp3) is 0.263. The highest BCUT2D eigenvalue weighted by molar-refractivity contribution is 8.00. The van der Waals surface area contributed by atoms with Gasteiger partial charge in [0.2, 0.25) is 0 Å². The second-order valence-corrected chi connectivity index (χ2v) is 7.27. The van der Waals surface area contributed by atoms with E-state index >= 15 is 0 Å². The van der Waals surface area contributed by atoms with Crippen LogP contribution in [-0.2, 0) is 20.9 Å². The largest absolute Gasteiger partial charge is 0.455 e. The van der Waals surface area contributed by atoms with Gasteiger partial charge in [0.1, 0.15) is 5.25 Å². The van der Waals surface area contributed by atoms with Gasteiger partial charge in [0, 0.05) is 30.6 Å². The summed E-state index contributed by atoms with van der Waals surface area (Å²) >= 11 is 1.21. The molecule has 0 fully saturated rings. The van der Waals surface area contributed by atoms with Crippen LogP contribution in [0.4, 0.5) is 5.69 Å². The molecule has 8 heteroatoms. The molecule has 0 aliphatic rings. The number of thioether (sulfide) groups is 1. The zero-order valence-electron chi connectivity index (χ0n) is 15.0. The van der Waals surface area contributed by atoms with E-state index in [1.807, 2.05) is 30.3 Å². The summed E-state index contributed by atoms with van der Waals surface area (Å²) in [5.74, 6) is -0.806. The number of likely N-dealkylation sites (N-methyl/N-ethyl adjacent to an activating group) is 1. The van der Waals surface area contributed by atoms with Crippen LogP contribution in [0, 0.1) is 10.1 Å². The molecule has 0 saturated heterocycles. The lowest BCUT2D eigenvalue weighted by atomic mass is 10.2. The van der Waals surface area contributed by atoms with Gasteiger partial charge in [0.25, 0.3) is 11.6 Å². The van der Waals surface area contributed by atoms with Crippen molar-refractivity contribution in [1.29, 1.82) is 0 Å². The first-order valence-electron chi connectivity index (χ1n) is 8.22. The van der Waals surface area contributed by atoms with E-state index < -0.39 is 16.1 Å². The number of rotatable bonds is 8. The molecule has 0 N–H and O–H groups in total. The number of ether oxygens (including phenoxy) is 1. The number of amides is 1. The Bertz CT molecular complexity index is 796. The van der Waals surface area contributed by atoms with Crippen LogP contribution < -0.4 is 0 Å². The lowest BCUT2D eigenvalue weighted by Crippen LogP contribution is -2.32. The van der Waals surface area contributed by atoms with Gasteiger partial charge < -0.3 is 9.64 Å². The fourth-order valence-corrected chi connectivity index (χ4v) is 3.07. The summed E-state index contributed by atoms with van der Waals surface area (Å²) in [5, 5.41) is 10.1. The Kier molecular flexibility index (Phi) is 7.36. The third-order valence-electron chi connectivity index (χ3n) is 3.72. The molecule has 0 bridgehead atoms. The summed E-state index contributed by atoms with van der Waals surface area (Å²) in [6.07, 6.45) is 0. The van der Waals surface area contributed by atoms with E-state index in [9.17, 15) is 19.7 Å². The highest BCUT2D eigenvalue weighted by Crippen LogP contribution is 2.26. The fourth-order valence-electron chi connectivity index (χ4n) is 2.20. The van der Waals surface area contributed by atoms with Crippen LogP contribution in [0.1, 0.15) is 12.5 Å². The van der Waals surface area contributed by atoms with E-state index in [1.165, 1.54) is 28.8 Å². The second-order valence-electron chi connectivity index (χ2n) is 5.85. The van der Waals surface area contributed by atoms with Gasteiger partial charge in [0.15, 0.2) is 6.61 Å². The number of hydrogen-bond acceptors (Lipinski definition) is 6. The lowest BCUT2D eigenvalue weighted by molar-refractivity contribution is -0.384. The van der Waals surface area contributed by atoms with E-state index in [0.29, 0.717) is 11.4 Å². The average Bonchev–Trinajstić information content (AvgIpc) is 2.66. The molecule has 0 spiro atoms. The predicted octanol–water partition coefficient (Wildman–Crippen LogP) is 3.28. The van der Waals surface area contributed by atoms with E-state index in [4.69, 9.17) is 4.74 Å². The smallest absolute Gasteiger partial charge is 0.319 e.